The fraction of sp³-hybridized carbons (Fsp3) is 0.500. The molecule has 0 aromatic heterocycles. The zero-order valence-electron chi connectivity index (χ0n) is 13.1. The minimum Gasteiger partial charge on any atom is -0.484 e. The minimum absolute atomic E-state index is 0.261. The van der Waals surface area contributed by atoms with E-state index in [1.54, 1.807) is 12.1 Å². The van der Waals surface area contributed by atoms with Gasteiger partial charge in [-0.05, 0) is 30.5 Å². The highest BCUT2D eigenvalue weighted by molar-refractivity contribution is 5.82. The van der Waals surface area contributed by atoms with Crippen molar-refractivity contribution in [2.75, 3.05) is 19.7 Å². The Balaban J connectivity index is 1.97. The van der Waals surface area contributed by atoms with Crippen molar-refractivity contribution < 1.29 is 32.6 Å². The number of rotatable bonds is 5. The second-order valence-corrected chi connectivity index (χ2v) is 5.74. The summed E-state index contributed by atoms with van der Waals surface area (Å²) < 4.78 is 44.5. The molecule has 0 radical (unpaired) electrons. The van der Waals surface area contributed by atoms with Crippen LogP contribution in [0.3, 0.4) is 0 Å². The van der Waals surface area contributed by atoms with Crippen LogP contribution in [0.1, 0.15) is 18.9 Å². The number of ether oxygens (including phenoxy) is 1. The van der Waals surface area contributed by atoms with Crippen molar-refractivity contribution in [3.8, 4) is 5.75 Å². The van der Waals surface area contributed by atoms with Gasteiger partial charge in [0.2, 0.25) is 0 Å². The number of nitrogens with zero attached hydrogens (tertiary/aromatic N) is 1. The van der Waals surface area contributed by atoms with Gasteiger partial charge in [-0.1, -0.05) is 19.1 Å². The SMILES string of the molecule is CCc1ccc(OCC(=O)N2CCC(C(=O)O)(C(F)(F)F)C2)cc1. The Hall–Kier alpha value is -2.25. The van der Waals surface area contributed by atoms with E-state index in [4.69, 9.17) is 9.84 Å². The average molecular weight is 345 g/mol. The van der Waals surface area contributed by atoms with Gasteiger partial charge in [-0.15, -0.1) is 0 Å². The zero-order chi connectivity index (χ0) is 18.0. The fourth-order valence-electron chi connectivity index (χ4n) is 2.61. The van der Waals surface area contributed by atoms with E-state index in [0.717, 1.165) is 16.9 Å². The molecule has 0 bridgehead atoms. The molecule has 1 unspecified atom stereocenters. The average Bonchev–Trinajstić information content (AvgIpc) is 3.00. The van der Waals surface area contributed by atoms with Crippen molar-refractivity contribution in [1.82, 2.24) is 4.90 Å². The molecule has 0 spiro atoms. The molecule has 132 valence electrons. The standard InChI is InChI=1S/C16H18F3NO4/c1-2-11-3-5-12(6-4-11)24-9-13(21)20-8-7-15(10-20,14(22)23)16(17,18)19/h3-6H,2,7-10H2,1H3,(H,22,23). The summed E-state index contributed by atoms with van der Waals surface area (Å²) >= 11 is 0. The summed E-state index contributed by atoms with van der Waals surface area (Å²) in [6.45, 7) is 0.409. The van der Waals surface area contributed by atoms with Crippen LogP contribution in [0.15, 0.2) is 24.3 Å². The number of aliphatic carboxylic acids is 1. The van der Waals surface area contributed by atoms with E-state index in [9.17, 15) is 22.8 Å². The van der Waals surface area contributed by atoms with Crippen molar-refractivity contribution in [3.05, 3.63) is 29.8 Å². The fourth-order valence-corrected chi connectivity index (χ4v) is 2.61. The number of carboxylic acid groups (broad SMARTS) is 1. The van der Waals surface area contributed by atoms with Crippen molar-refractivity contribution in [2.45, 2.75) is 25.9 Å². The van der Waals surface area contributed by atoms with Crippen LogP contribution in [0.5, 0.6) is 5.75 Å². The molecule has 1 amide bonds. The molecule has 2 rings (SSSR count). The maximum atomic E-state index is 13.1. The molecule has 24 heavy (non-hydrogen) atoms. The van der Waals surface area contributed by atoms with Crippen LogP contribution in [-0.4, -0.2) is 47.8 Å². The monoisotopic (exact) mass is 345 g/mol. The van der Waals surface area contributed by atoms with E-state index >= 15 is 0 Å². The van der Waals surface area contributed by atoms with E-state index < -0.39 is 43.0 Å². The summed E-state index contributed by atoms with van der Waals surface area (Å²) in [5.74, 6) is -2.19. The summed E-state index contributed by atoms with van der Waals surface area (Å²) in [5, 5.41) is 8.97. The van der Waals surface area contributed by atoms with Gasteiger partial charge >= 0.3 is 12.1 Å². The Bertz CT molecular complexity index is 615. The predicted molar refractivity (Wildman–Crippen MR) is 78.6 cm³/mol. The number of alkyl halides is 3. The number of benzene rings is 1. The van der Waals surface area contributed by atoms with Crippen molar-refractivity contribution in [1.29, 1.82) is 0 Å². The number of carbonyl (C=O) groups excluding carboxylic acids is 1. The highest BCUT2D eigenvalue weighted by Crippen LogP contribution is 2.45. The predicted octanol–water partition coefficient (Wildman–Crippen LogP) is 2.49. The molecular weight excluding hydrogens is 327 g/mol. The summed E-state index contributed by atoms with van der Waals surface area (Å²) in [6, 6.07) is 7.00. The van der Waals surface area contributed by atoms with E-state index in [0.29, 0.717) is 5.75 Å². The Morgan fingerprint density at radius 1 is 1.29 bits per heavy atom. The van der Waals surface area contributed by atoms with Crippen molar-refractivity contribution >= 4 is 11.9 Å². The number of halogens is 3. The third kappa shape index (κ3) is 3.47. The van der Waals surface area contributed by atoms with E-state index in [-0.39, 0.29) is 6.54 Å². The highest BCUT2D eigenvalue weighted by atomic mass is 19.4. The molecule has 1 aromatic rings. The van der Waals surface area contributed by atoms with Gasteiger partial charge in [0.05, 0.1) is 0 Å². The molecule has 0 aliphatic carbocycles. The first kappa shape index (κ1) is 18.1. The van der Waals surface area contributed by atoms with Crippen LogP contribution in [0, 0.1) is 5.41 Å². The number of amides is 1. The number of likely N-dealkylation sites (tertiary alicyclic amines) is 1. The third-order valence-corrected chi connectivity index (χ3v) is 4.27. The molecule has 0 saturated carbocycles. The lowest BCUT2D eigenvalue weighted by Gasteiger charge is -2.27. The maximum absolute atomic E-state index is 13.1. The molecule has 1 atom stereocenters. The lowest BCUT2D eigenvalue weighted by molar-refractivity contribution is -0.227. The van der Waals surface area contributed by atoms with E-state index in [1.165, 1.54) is 0 Å². The van der Waals surface area contributed by atoms with E-state index in [2.05, 4.69) is 0 Å². The number of carboxylic acids is 1. The second-order valence-electron chi connectivity index (χ2n) is 5.74. The van der Waals surface area contributed by atoms with E-state index in [1.807, 2.05) is 19.1 Å². The third-order valence-electron chi connectivity index (χ3n) is 4.27. The van der Waals surface area contributed by atoms with Crippen LogP contribution in [-0.2, 0) is 16.0 Å². The van der Waals surface area contributed by atoms with Gasteiger partial charge in [0.15, 0.2) is 12.0 Å². The molecular formula is C16H18F3NO4. The highest BCUT2D eigenvalue weighted by Gasteiger charge is 2.64. The lowest BCUT2D eigenvalue weighted by atomic mass is 9.86. The maximum Gasteiger partial charge on any atom is 0.406 e. The largest absolute Gasteiger partial charge is 0.484 e. The first-order valence-corrected chi connectivity index (χ1v) is 7.49. The van der Waals surface area contributed by atoms with Crippen LogP contribution >= 0.6 is 0 Å². The van der Waals surface area contributed by atoms with Gasteiger partial charge in [0.1, 0.15) is 5.75 Å². The van der Waals surface area contributed by atoms with Gasteiger partial charge in [-0.3, -0.25) is 9.59 Å². The molecule has 1 aromatic carbocycles. The first-order valence-electron chi connectivity index (χ1n) is 7.49. The second kappa shape index (κ2) is 6.70. The van der Waals surface area contributed by atoms with Crippen molar-refractivity contribution in [2.24, 2.45) is 5.41 Å². The quantitative estimate of drug-likeness (QED) is 0.890. The Labute approximate surface area is 137 Å². The Morgan fingerprint density at radius 2 is 1.92 bits per heavy atom. The van der Waals surface area contributed by atoms with Crippen LogP contribution < -0.4 is 4.74 Å². The lowest BCUT2D eigenvalue weighted by Crippen LogP contribution is -2.48. The Morgan fingerprint density at radius 3 is 2.38 bits per heavy atom. The van der Waals surface area contributed by atoms with Gasteiger partial charge in [-0.25, -0.2) is 0 Å². The molecule has 1 saturated heterocycles. The molecule has 1 fully saturated rings. The van der Waals surface area contributed by atoms with Crippen LogP contribution in [0.2, 0.25) is 0 Å². The summed E-state index contributed by atoms with van der Waals surface area (Å²) in [5.41, 5.74) is -1.81. The van der Waals surface area contributed by atoms with Crippen LogP contribution in [0.4, 0.5) is 13.2 Å². The van der Waals surface area contributed by atoms with Crippen molar-refractivity contribution in [3.63, 3.8) is 0 Å². The van der Waals surface area contributed by atoms with Gasteiger partial charge in [0, 0.05) is 13.1 Å². The zero-order valence-corrected chi connectivity index (χ0v) is 13.1. The van der Waals surface area contributed by atoms with Gasteiger partial charge in [0.25, 0.3) is 5.91 Å². The number of carbonyl (C=O) groups is 2. The van der Waals surface area contributed by atoms with Crippen LogP contribution in [0.25, 0.3) is 0 Å². The molecule has 1 aliphatic rings. The van der Waals surface area contributed by atoms with Gasteiger partial charge in [-0.2, -0.15) is 13.2 Å². The number of hydrogen-bond acceptors (Lipinski definition) is 3. The number of aryl methyl sites for hydroxylation is 1. The number of hydrogen-bond donors (Lipinski definition) is 1. The molecule has 5 nitrogen and oxygen atoms in total. The molecule has 1 aliphatic heterocycles. The molecule has 1 N–H and O–H groups in total. The first-order chi connectivity index (χ1) is 11.2. The Kier molecular flexibility index (Phi) is 5.05. The molecule has 8 heteroatoms. The summed E-state index contributed by atoms with van der Waals surface area (Å²) in [6.07, 6.45) is -4.71. The smallest absolute Gasteiger partial charge is 0.406 e. The topological polar surface area (TPSA) is 66.8 Å². The minimum atomic E-state index is -4.91. The summed E-state index contributed by atoms with van der Waals surface area (Å²) in [7, 11) is 0. The summed E-state index contributed by atoms with van der Waals surface area (Å²) in [4.78, 5) is 24.0. The molecule has 1 heterocycles. The normalized spacial score (nSPS) is 20.9. The van der Waals surface area contributed by atoms with Gasteiger partial charge < -0.3 is 14.7 Å².